The van der Waals surface area contributed by atoms with Crippen molar-refractivity contribution in [3.05, 3.63) is 0 Å². The summed E-state index contributed by atoms with van der Waals surface area (Å²) in [4.78, 5) is 24.4. The lowest BCUT2D eigenvalue weighted by molar-refractivity contribution is -0.168. The van der Waals surface area contributed by atoms with Gasteiger partial charge in [-0.1, -0.05) is 168 Å². The Morgan fingerprint density at radius 3 is 1.02 bits per heavy atom. The van der Waals surface area contributed by atoms with Crippen LogP contribution in [-0.2, 0) is 19.1 Å². The zero-order valence-corrected chi connectivity index (χ0v) is 27.6. The number of hydrogen-bond donors (Lipinski definition) is 0. The summed E-state index contributed by atoms with van der Waals surface area (Å²) in [5.74, 6) is -0.357. The molecule has 40 heavy (non-hydrogen) atoms. The monoisotopic (exact) mass is 567 g/mol. The van der Waals surface area contributed by atoms with Crippen LogP contribution in [0.4, 0.5) is 0 Å². The van der Waals surface area contributed by atoms with Crippen molar-refractivity contribution in [3.63, 3.8) is 0 Å². The lowest BCUT2D eigenvalue weighted by Gasteiger charge is -2.24. The van der Waals surface area contributed by atoms with Gasteiger partial charge in [-0.25, -0.2) is 0 Å². The molecule has 0 rings (SSSR count). The Kier molecular flexibility index (Phi) is 28.7. The highest BCUT2D eigenvalue weighted by molar-refractivity contribution is 5.70. The molecule has 0 saturated heterocycles. The van der Waals surface area contributed by atoms with Crippen LogP contribution in [0.25, 0.3) is 0 Å². The normalized spacial score (nSPS) is 11.6. The molecule has 0 aliphatic heterocycles. The summed E-state index contributed by atoms with van der Waals surface area (Å²) < 4.78 is 11.0. The van der Waals surface area contributed by atoms with Crippen LogP contribution in [0.3, 0.4) is 0 Å². The van der Waals surface area contributed by atoms with E-state index in [2.05, 4.69) is 13.8 Å². The predicted molar refractivity (Wildman–Crippen MR) is 172 cm³/mol. The molecule has 0 radical (unpaired) electrons. The number of hydrogen-bond acceptors (Lipinski definition) is 4. The predicted octanol–water partition coefficient (Wildman–Crippen LogP) is 11.8. The Morgan fingerprint density at radius 1 is 0.425 bits per heavy atom. The average molecular weight is 567 g/mol. The molecule has 0 amide bonds. The molecule has 4 nitrogen and oxygen atoms in total. The molecular weight excluding hydrogens is 496 g/mol. The second-order valence-corrected chi connectivity index (χ2v) is 12.9. The minimum Gasteiger partial charge on any atom is -0.461 e. The van der Waals surface area contributed by atoms with Crippen molar-refractivity contribution in [1.82, 2.24) is 0 Å². The van der Waals surface area contributed by atoms with E-state index in [0.29, 0.717) is 12.8 Å². The van der Waals surface area contributed by atoms with Crippen LogP contribution < -0.4 is 0 Å². The zero-order chi connectivity index (χ0) is 29.6. The van der Waals surface area contributed by atoms with Crippen molar-refractivity contribution in [2.75, 3.05) is 6.61 Å². The molecule has 238 valence electrons. The SMILES string of the molecule is CCCCCCCCCCCCCCCC(=O)OCC(C)(C)OC(=O)CCCCCCCCCCCCCCC. The molecule has 0 aromatic rings. The molecule has 0 heterocycles. The van der Waals surface area contributed by atoms with Crippen LogP contribution in [0.5, 0.6) is 0 Å². The first-order valence-corrected chi connectivity index (χ1v) is 17.8. The average Bonchev–Trinajstić information content (AvgIpc) is 2.92. The summed E-state index contributed by atoms with van der Waals surface area (Å²) >= 11 is 0. The molecule has 0 saturated carbocycles. The summed E-state index contributed by atoms with van der Waals surface area (Å²) in [5.41, 5.74) is -0.765. The molecular formula is C36H70O4. The fourth-order valence-electron chi connectivity index (χ4n) is 5.29. The van der Waals surface area contributed by atoms with E-state index in [0.717, 1.165) is 25.7 Å². The van der Waals surface area contributed by atoms with Gasteiger partial charge < -0.3 is 9.47 Å². The third-order valence-electron chi connectivity index (χ3n) is 7.94. The minimum absolute atomic E-state index is 0.134. The molecule has 0 fully saturated rings. The van der Waals surface area contributed by atoms with Gasteiger partial charge in [-0.05, 0) is 26.7 Å². The molecule has 0 N–H and O–H groups in total. The van der Waals surface area contributed by atoms with Gasteiger partial charge in [-0.2, -0.15) is 0 Å². The highest BCUT2D eigenvalue weighted by Crippen LogP contribution is 2.17. The minimum atomic E-state index is -0.765. The standard InChI is InChI=1S/C36H70O4/c1-5-7-9-11-13-15-17-19-21-23-25-27-29-31-34(37)39-33-36(3,4)40-35(38)32-30-28-26-24-22-20-18-16-14-12-10-8-6-2/h5-33H2,1-4H3. The van der Waals surface area contributed by atoms with Crippen molar-refractivity contribution >= 4 is 11.9 Å². The highest BCUT2D eigenvalue weighted by Gasteiger charge is 2.24. The molecule has 0 aromatic carbocycles. The summed E-state index contributed by atoms with van der Waals surface area (Å²) in [6.45, 7) is 8.32. The van der Waals surface area contributed by atoms with Gasteiger partial charge in [0.1, 0.15) is 12.2 Å². The number of carbonyl (C=O) groups is 2. The van der Waals surface area contributed by atoms with Crippen molar-refractivity contribution in [1.29, 1.82) is 0 Å². The number of unbranched alkanes of at least 4 members (excludes halogenated alkanes) is 24. The quantitative estimate of drug-likeness (QED) is 0.0618. The number of rotatable bonds is 31. The van der Waals surface area contributed by atoms with Crippen LogP contribution in [-0.4, -0.2) is 24.1 Å². The first-order chi connectivity index (χ1) is 19.4. The smallest absolute Gasteiger partial charge is 0.306 e. The highest BCUT2D eigenvalue weighted by atomic mass is 16.6. The molecule has 0 spiro atoms. The Morgan fingerprint density at radius 2 is 0.700 bits per heavy atom. The van der Waals surface area contributed by atoms with Gasteiger partial charge in [0.15, 0.2) is 0 Å². The van der Waals surface area contributed by atoms with Gasteiger partial charge in [0.2, 0.25) is 0 Å². The first-order valence-electron chi connectivity index (χ1n) is 17.8. The van der Waals surface area contributed by atoms with Crippen molar-refractivity contribution in [2.45, 2.75) is 213 Å². The Bertz CT molecular complexity index is 557. The van der Waals surface area contributed by atoms with E-state index < -0.39 is 5.60 Å². The Hall–Kier alpha value is -1.06. The molecule has 0 aliphatic carbocycles. The third kappa shape index (κ3) is 29.9. The Balaban J connectivity index is 3.54. The second kappa shape index (κ2) is 29.4. The van der Waals surface area contributed by atoms with E-state index in [1.165, 1.54) is 141 Å². The zero-order valence-electron chi connectivity index (χ0n) is 27.6. The van der Waals surface area contributed by atoms with Gasteiger partial charge in [0.25, 0.3) is 0 Å². The third-order valence-corrected chi connectivity index (χ3v) is 7.94. The maximum atomic E-state index is 12.3. The van der Waals surface area contributed by atoms with E-state index in [1.54, 1.807) is 0 Å². The van der Waals surface area contributed by atoms with Gasteiger partial charge in [-0.15, -0.1) is 0 Å². The van der Waals surface area contributed by atoms with E-state index in [4.69, 9.17) is 9.47 Å². The lowest BCUT2D eigenvalue weighted by atomic mass is 10.0. The first kappa shape index (κ1) is 38.9. The molecule has 0 unspecified atom stereocenters. The summed E-state index contributed by atoms with van der Waals surface area (Å²) in [7, 11) is 0. The largest absolute Gasteiger partial charge is 0.461 e. The number of esters is 2. The summed E-state index contributed by atoms with van der Waals surface area (Å²) in [5, 5.41) is 0. The molecule has 0 aromatic heterocycles. The lowest BCUT2D eigenvalue weighted by Crippen LogP contribution is -2.34. The van der Waals surface area contributed by atoms with E-state index in [1.807, 2.05) is 13.8 Å². The van der Waals surface area contributed by atoms with E-state index >= 15 is 0 Å². The summed E-state index contributed by atoms with van der Waals surface area (Å²) in [6, 6.07) is 0. The van der Waals surface area contributed by atoms with E-state index in [9.17, 15) is 9.59 Å². The van der Waals surface area contributed by atoms with Crippen LogP contribution in [0, 0.1) is 0 Å². The van der Waals surface area contributed by atoms with Crippen LogP contribution in [0.1, 0.15) is 207 Å². The number of ether oxygens (including phenoxy) is 2. The summed E-state index contributed by atoms with van der Waals surface area (Å²) in [6.07, 6.45) is 34.5. The van der Waals surface area contributed by atoms with Crippen LogP contribution in [0.2, 0.25) is 0 Å². The van der Waals surface area contributed by atoms with Crippen molar-refractivity contribution in [2.24, 2.45) is 0 Å². The van der Waals surface area contributed by atoms with Crippen LogP contribution >= 0.6 is 0 Å². The molecule has 0 aliphatic rings. The molecule has 0 bridgehead atoms. The van der Waals surface area contributed by atoms with Crippen molar-refractivity contribution in [3.8, 4) is 0 Å². The number of carbonyl (C=O) groups excluding carboxylic acids is 2. The van der Waals surface area contributed by atoms with Gasteiger partial charge in [0.05, 0.1) is 0 Å². The topological polar surface area (TPSA) is 52.6 Å². The fraction of sp³-hybridized carbons (Fsp3) is 0.944. The van der Waals surface area contributed by atoms with Crippen LogP contribution in [0.15, 0.2) is 0 Å². The maximum absolute atomic E-state index is 12.3. The Labute approximate surface area is 250 Å². The van der Waals surface area contributed by atoms with E-state index in [-0.39, 0.29) is 18.5 Å². The fourth-order valence-corrected chi connectivity index (χ4v) is 5.29. The maximum Gasteiger partial charge on any atom is 0.306 e. The molecule has 4 heteroatoms. The second-order valence-electron chi connectivity index (χ2n) is 12.9. The molecule has 0 atom stereocenters. The van der Waals surface area contributed by atoms with Gasteiger partial charge in [0, 0.05) is 12.8 Å². The van der Waals surface area contributed by atoms with Gasteiger partial charge >= 0.3 is 11.9 Å². The van der Waals surface area contributed by atoms with Gasteiger partial charge in [-0.3, -0.25) is 9.59 Å². The van der Waals surface area contributed by atoms with Crippen molar-refractivity contribution < 1.29 is 19.1 Å².